The van der Waals surface area contributed by atoms with Crippen molar-refractivity contribution in [1.82, 2.24) is 10.6 Å². The fourth-order valence-electron chi connectivity index (χ4n) is 2.65. The first-order valence-electron chi connectivity index (χ1n) is 8.59. The molecule has 0 aliphatic rings. The molecule has 2 unspecified atom stereocenters. The van der Waals surface area contributed by atoms with Crippen molar-refractivity contribution in [2.75, 3.05) is 6.54 Å². The van der Waals surface area contributed by atoms with E-state index >= 15 is 0 Å². The predicted molar refractivity (Wildman–Crippen MR) is 99.1 cm³/mol. The average Bonchev–Trinajstić information content (AvgIpc) is 2.57. The molecule has 2 rings (SSSR count). The third-order valence-electron chi connectivity index (χ3n) is 4.02. The molecule has 0 aromatic heterocycles. The molecule has 0 saturated heterocycles. The Bertz CT molecular complexity index is 741. The second kappa shape index (κ2) is 8.62. The number of aliphatic hydroxyl groups excluding tert-OH is 1. The SMILES string of the molecule is CC(O)CNC(=O)C(NC(=O)Cc1ccc2ccccc2c1)C(C)C. The molecule has 2 atom stereocenters. The van der Waals surface area contributed by atoms with E-state index in [-0.39, 0.29) is 30.7 Å². The molecule has 5 heteroatoms. The summed E-state index contributed by atoms with van der Waals surface area (Å²) in [6, 6.07) is 13.3. The van der Waals surface area contributed by atoms with Gasteiger partial charge in [0.25, 0.3) is 0 Å². The van der Waals surface area contributed by atoms with Gasteiger partial charge >= 0.3 is 0 Å². The van der Waals surface area contributed by atoms with Crippen LogP contribution in [0.2, 0.25) is 0 Å². The van der Waals surface area contributed by atoms with Crippen LogP contribution in [0, 0.1) is 5.92 Å². The first-order valence-corrected chi connectivity index (χ1v) is 8.59. The number of benzene rings is 2. The van der Waals surface area contributed by atoms with Crippen LogP contribution in [0.1, 0.15) is 26.3 Å². The fraction of sp³-hybridized carbons (Fsp3) is 0.400. The van der Waals surface area contributed by atoms with Crippen LogP contribution in [0.5, 0.6) is 0 Å². The lowest BCUT2D eigenvalue weighted by atomic mass is 10.0. The highest BCUT2D eigenvalue weighted by atomic mass is 16.3. The first-order chi connectivity index (χ1) is 11.9. The van der Waals surface area contributed by atoms with E-state index in [0.29, 0.717) is 0 Å². The summed E-state index contributed by atoms with van der Waals surface area (Å²) in [4.78, 5) is 24.6. The molecular weight excluding hydrogens is 316 g/mol. The van der Waals surface area contributed by atoms with Crippen molar-refractivity contribution in [3.8, 4) is 0 Å². The molecule has 0 saturated carbocycles. The summed E-state index contributed by atoms with van der Waals surface area (Å²) in [6.45, 7) is 5.53. The lowest BCUT2D eigenvalue weighted by Gasteiger charge is -2.22. The molecule has 0 fully saturated rings. The molecule has 0 aliphatic heterocycles. The molecule has 0 spiro atoms. The number of aliphatic hydroxyl groups is 1. The Morgan fingerprint density at radius 1 is 1.04 bits per heavy atom. The number of hydrogen-bond donors (Lipinski definition) is 3. The second-order valence-corrected chi connectivity index (χ2v) is 6.74. The lowest BCUT2D eigenvalue weighted by Crippen LogP contribution is -2.51. The minimum Gasteiger partial charge on any atom is -0.392 e. The Labute approximate surface area is 148 Å². The monoisotopic (exact) mass is 342 g/mol. The van der Waals surface area contributed by atoms with Crippen LogP contribution in [0.3, 0.4) is 0 Å². The Kier molecular flexibility index (Phi) is 6.53. The molecule has 134 valence electrons. The molecule has 2 aromatic carbocycles. The summed E-state index contributed by atoms with van der Waals surface area (Å²) in [7, 11) is 0. The van der Waals surface area contributed by atoms with Crippen molar-refractivity contribution in [1.29, 1.82) is 0 Å². The Morgan fingerprint density at radius 3 is 2.36 bits per heavy atom. The highest BCUT2D eigenvalue weighted by Crippen LogP contribution is 2.16. The van der Waals surface area contributed by atoms with Crippen LogP contribution in [0.4, 0.5) is 0 Å². The molecule has 2 amide bonds. The zero-order valence-corrected chi connectivity index (χ0v) is 15.0. The van der Waals surface area contributed by atoms with Crippen LogP contribution in [-0.4, -0.2) is 35.6 Å². The number of nitrogens with one attached hydrogen (secondary N) is 2. The van der Waals surface area contributed by atoms with Gasteiger partial charge in [-0.3, -0.25) is 9.59 Å². The van der Waals surface area contributed by atoms with E-state index in [9.17, 15) is 14.7 Å². The lowest BCUT2D eigenvalue weighted by molar-refractivity contribution is -0.130. The van der Waals surface area contributed by atoms with Gasteiger partial charge in [-0.05, 0) is 29.2 Å². The molecule has 5 nitrogen and oxygen atoms in total. The predicted octanol–water partition coefficient (Wildman–Crippen LogP) is 2.02. The third kappa shape index (κ3) is 5.57. The normalized spacial score (nSPS) is 13.5. The Morgan fingerprint density at radius 2 is 1.72 bits per heavy atom. The van der Waals surface area contributed by atoms with E-state index in [1.807, 2.05) is 56.3 Å². The third-order valence-corrected chi connectivity index (χ3v) is 4.02. The van der Waals surface area contributed by atoms with Gasteiger partial charge in [0.15, 0.2) is 0 Å². The number of carbonyl (C=O) groups is 2. The van der Waals surface area contributed by atoms with Gasteiger partial charge in [-0.15, -0.1) is 0 Å². The summed E-state index contributed by atoms with van der Waals surface area (Å²) in [5.41, 5.74) is 0.906. The Balaban J connectivity index is 2.01. The van der Waals surface area contributed by atoms with E-state index in [1.54, 1.807) is 6.92 Å². The quantitative estimate of drug-likeness (QED) is 0.720. The first kappa shape index (κ1) is 18.9. The number of fused-ring (bicyclic) bond motifs is 1. The summed E-state index contributed by atoms with van der Waals surface area (Å²) < 4.78 is 0. The van der Waals surface area contributed by atoms with Crippen molar-refractivity contribution in [3.63, 3.8) is 0 Å². The summed E-state index contributed by atoms with van der Waals surface area (Å²) in [6.07, 6.45) is -0.400. The molecule has 2 aromatic rings. The maximum atomic E-state index is 12.4. The van der Waals surface area contributed by atoms with Crippen LogP contribution < -0.4 is 10.6 Å². The number of hydrogen-bond acceptors (Lipinski definition) is 3. The van der Waals surface area contributed by atoms with Crippen molar-refractivity contribution in [2.24, 2.45) is 5.92 Å². The molecule has 0 bridgehead atoms. The summed E-state index contributed by atoms with van der Waals surface area (Å²) in [5, 5.41) is 17.0. The summed E-state index contributed by atoms with van der Waals surface area (Å²) >= 11 is 0. The van der Waals surface area contributed by atoms with E-state index in [1.165, 1.54) is 0 Å². The fourth-order valence-corrected chi connectivity index (χ4v) is 2.65. The molecule has 3 N–H and O–H groups in total. The van der Waals surface area contributed by atoms with Gasteiger partial charge in [-0.25, -0.2) is 0 Å². The molecule has 25 heavy (non-hydrogen) atoms. The van der Waals surface area contributed by atoms with E-state index in [0.717, 1.165) is 16.3 Å². The Hall–Kier alpha value is -2.40. The molecular formula is C20H26N2O3. The van der Waals surface area contributed by atoms with Crippen LogP contribution in [-0.2, 0) is 16.0 Å². The topological polar surface area (TPSA) is 78.4 Å². The van der Waals surface area contributed by atoms with Gasteiger partial charge in [-0.2, -0.15) is 0 Å². The van der Waals surface area contributed by atoms with Gasteiger partial charge in [0.2, 0.25) is 11.8 Å². The highest BCUT2D eigenvalue weighted by molar-refractivity contribution is 5.89. The van der Waals surface area contributed by atoms with Gasteiger partial charge in [0.05, 0.1) is 12.5 Å². The standard InChI is InChI=1S/C20H26N2O3/c1-13(2)19(20(25)21-12-14(3)23)22-18(24)11-15-8-9-16-6-4-5-7-17(16)10-15/h4-10,13-14,19,23H,11-12H2,1-3H3,(H,21,25)(H,22,24). The average molecular weight is 342 g/mol. The molecule has 0 radical (unpaired) electrons. The van der Waals surface area contributed by atoms with Crippen molar-refractivity contribution >= 4 is 22.6 Å². The molecule has 0 heterocycles. The second-order valence-electron chi connectivity index (χ2n) is 6.74. The van der Waals surface area contributed by atoms with E-state index < -0.39 is 12.1 Å². The smallest absolute Gasteiger partial charge is 0.242 e. The van der Waals surface area contributed by atoms with Crippen LogP contribution >= 0.6 is 0 Å². The molecule has 0 aliphatic carbocycles. The largest absolute Gasteiger partial charge is 0.392 e. The maximum Gasteiger partial charge on any atom is 0.242 e. The van der Waals surface area contributed by atoms with Gasteiger partial charge < -0.3 is 15.7 Å². The zero-order valence-electron chi connectivity index (χ0n) is 15.0. The van der Waals surface area contributed by atoms with Gasteiger partial charge in [-0.1, -0.05) is 56.3 Å². The van der Waals surface area contributed by atoms with Crippen molar-refractivity contribution in [2.45, 2.75) is 39.3 Å². The van der Waals surface area contributed by atoms with Crippen molar-refractivity contribution in [3.05, 3.63) is 48.0 Å². The highest BCUT2D eigenvalue weighted by Gasteiger charge is 2.24. The number of carbonyl (C=O) groups excluding carboxylic acids is 2. The summed E-state index contributed by atoms with van der Waals surface area (Å²) in [5.74, 6) is -0.515. The van der Waals surface area contributed by atoms with E-state index in [2.05, 4.69) is 10.6 Å². The number of rotatable bonds is 7. The van der Waals surface area contributed by atoms with Gasteiger partial charge in [0, 0.05) is 6.54 Å². The van der Waals surface area contributed by atoms with E-state index in [4.69, 9.17) is 0 Å². The van der Waals surface area contributed by atoms with Crippen LogP contribution in [0.25, 0.3) is 10.8 Å². The van der Waals surface area contributed by atoms with Gasteiger partial charge in [0.1, 0.15) is 6.04 Å². The zero-order chi connectivity index (χ0) is 18.4. The van der Waals surface area contributed by atoms with Crippen molar-refractivity contribution < 1.29 is 14.7 Å². The number of amides is 2. The maximum absolute atomic E-state index is 12.4. The van der Waals surface area contributed by atoms with Crippen LogP contribution in [0.15, 0.2) is 42.5 Å². The minimum atomic E-state index is -0.620. The minimum absolute atomic E-state index is 0.0467.